The van der Waals surface area contributed by atoms with E-state index >= 15 is 0 Å². The molecule has 0 radical (unpaired) electrons. The summed E-state index contributed by atoms with van der Waals surface area (Å²) in [5.74, 6) is 0. The van der Waals surface area contributed by atoms with E-state index < -0.39 is 0 Å². The molecule has 2 atom stereocenters. The van der Waals surface area contributed by atoms with Crippen LogP contribution in [0.25, 0.3) is 0 Å². The first-order valence-corrected chi connectivity index (χ1v) is 7.84. The molecule has 2 fully saturated rings. The molecule has 0 aliphatic carbocycles. The number of nitrogens with zero attached hydrogens (tertiary/aromatic N) is 1. The van der Waals surface area contributed by atoms with Gasteiger partial charge in [0.2, 0.25) is 0 Å². The minimum atomic E-state index is 0.0803. The Morgan fingerprint density at radius 1 is 1.21 bits per heavy atom. The molecule has 2 saturated heterocycles. The SMILES string of the molecule is CCC1(C)CN(CC2CCC(C)(C)O2)C(C)(C)CN1. The van der Waals surface area contributed by atoms with Crippen LogP contribution in [0.1, 0.15) is 60.8 Å². The van der Waals surface area contributed by atoms with Crippen LogP contribution in [-0.2, 0) is 4.74 Å². The van der Waals surface area contributed by atoms with Gasteiger partial charge in [-0.1, -0.05) is 6.92 Å². The molecule has 0 saturated carbocycles. The number of ether oxygens (including phenoxy) is 1. The first kappa shape index (κ1) is 15.3. The summed E-state index contributed by atoms with van der Waals surface area (Å²) < 4.78 is 6.18. The van der Waals surface area contributed by atoms with Crippen molar-refractivity contribution < 1.29 is 4.74 Å². The first-order valence-electron chi connectivity index (χ1n) is 7.84. The van der Waals surface area contributed by atoms with Crippen LogP contribution in [0.3, 0.4) is 0 Å². The smallest absolute Gasteiger partial charge is 0.0710 e. The molecule has 1 N–H and O–H groups in total. The van der Waals surface area contributed by atoms with Crippen LogP contribution in [0.4, 0.5) is 0 Å². The van der Waals surface area contributed by atoms with Gasteiger partial charge in [0.15, 0.2) is 0 Å². The summed E-state index contributed by atoms with van der Waals surface area (Å²) in [6.45, 7) is 17.0. The molecule has 2 heterocycles. The second-order valence-electron chi connectivity index (χ2n) is 8.00. The van der Waals surface area contributed by atoms with Crippen LogP contribution < -0.4 is 5.32 Å². The standard InChI is InChI=1S/C16H32N2O/c1-7-16(6)12-18(14(2,3)11-17-16)10-13-8-9-15(4,5)19-13/h13,17H,7-12H2,1-6H3. The van der Waals surface area contributed by atoms with Crippen molar-refractivity contribution in [2.24, 2.45) is 0 Å². The van der Waals surface area contributed by atoms with Crippen molar-refractivity contribution in [1.29, 1.82) is 0 Å². The van der Waals surface area contributed by atoms with Gasteiger partial charge in [0.05, 0.1) is 11.7 Å². The molecule has 0 aromatic carbocycles. The molecule has 0 aromatic heterocycles. The van der Waals surface area contributed by atoms with Crippen LogP contribution in [0.2, 0.25) is 0 Å². The molecular formula is C16H32N2O. The lowest BCUT2D eigenvalue weighted by Crippen LogP contribution is -2.67. The molecule has 3 nitrogen and oxygen atoms in total. The summed E-state index contributed by atoms with van der Waals surface area (Å²) in [6, 6.07) is 0. The largest absolute Gasteiger partial charge is 0.371 e. The van der Waals surface area contributed by atoms with Gasteiger partial charge in [-0.25, -0.2) is 0 Å². The predicted octanol–water partition coefficient (Wildman–Crippen LogP) is 2.80. The van der Waals surface area contributed by atoms with E-state index in [-0.39, 0.29) is 16.7 Å². The molecular weight excluding hydrogens is 236 g/mol. The van der Waals surface area contributed by atoms with E-state index in [9.17, 15) is 0 Å². The van der Waals surface area contributed by atoms with Crippen LogP contribution >= 0.6 is 0 Å². The molecule has 0 aromatic rings. The van der Waals surface area contributed by atoms with Gasteiger partial charge >= 0.3 is 0 Å². The summed E-state index contributed by atoms with van der Waals surface area (Å²) in [5, 5.41) is 3.72. The third kappa shape index (κ3) is 3.50. The van der Waals surface area contributed by atoms with Crippen molar-refractivity contribution in [3.05, 3.63) is 0 Å². The average molecular weight is 268 g/mol. The Balaban J connectivity index is 2.00. The van der Waals surface area contributed by atoms with Crippen molar-refractivity contribution in [2.75, 3.05) is 19.6 Å². The van der Waals surface area contributed by atoms with E-state index in [0.717, 1.165) is 19.6 Å². The van der Waals surface area contributed by atoms with E-state index in [1.807, 2.05) is 0 Å². The van der Waals surface area contributed by atoms with Gasteiger partial charge in [0, 0.05) is 30.7 Å². The van der Waals surface area contributed by atoms with E-state index in [1.165, 1.54) is 19.3 Å². The fraction of sp³-hybridized carbons (Fsp3) is 1.00. The summed E-state index contributed by atoms with van der Waals surface area (Å²) in [4.78, 5) is 2.64. The number of hydrogen-bond donors (Lipinski definition) is 1. The van der Waals surface area contributed by atoms with Crippen molar-refractivity contribution >= 4 is 0 Å². The van der Waals surface area contributed by atoms with Gasteiger partial charge in [-0.2, -0.15) is 0 Å². The zero-order chi connectivity index (χ0) is 14.3. The highest BCUT2D eigenvalue weighted by Crippen LogP contribution is 2.32. The maximum Gasteiger partial charge on any atom is 0.0710 e. The quantitative estimate of drug-likeness (QED) is 0.852. The Labute approximate surface area is 119 Å². The summed E-state index contributed by atoms with van der Waals surface area (Å²) in [6.07, 6.45) is 3.98. The highest BCUT2D eigenvalue weighted by Gasteiger charge is 2.41. The van der Waals surface area contributed by atoms with Crippen LogP contribution in [0.5, 0.6) is 0 Å². The van der Waals surface area contributed by atoms with Gasteiger partial charge in [-0.05, 0) is 53.9 Å². The van der Waals surface area contributed by atoms with Crippen LogP contribution in [0, 0.1) is 0 Å². The van der Waals surface area contributed by atoms with Crippen molar-refractivity contribution in [3.63, 3.8) is 0 Å². The lowest BCUT2D eigenvalue weighted by molar-refractivity contribution is -0.0566. The summed E-state index contributed by atoms with van der Waals surface area (Å²) in [7, 11) is 0. The maximum absolute atomic E-state index is 6.18. The second-order valence-corrected chi connectivity index (χ2v) is 8.00. The van der Waals surface area contributed by atoms with Gasteiger partial charge in [-0.15, -0.1) is 0 Å². The van der Waals surface area contributed by atoms with E-state index in [0.29, 0.717) is 6.10 Å². The zero-order valence-corrected chi connectivity index (χ0v) is 13.7. The van der Waals surface area contributed by atoms with Gasteiger partial charge < -0.3 is 10.1 Å². The third-order valence-corrected chi connectivity index (χ3v) is 5.10. The van der Waals surface area contributed by atoms with Crippen molar-refractivity contribution in [1.82, 2.24) is 10.2 Å². The predicted molar refractivity (Wildman–Crippen MR) is 80.5 cm³/mol. The molecule has 0 bridgehead atoms. The number of piperazine rings is 1. The fourth-order valence-corrected chi connectivity index (χ4v) is 3.23. The number of rotatable bonds is 3. The molecule has 2 aliphatic heterocycles. The Morgan fingerprint density at radius 2 is 1.89 bits per heavy atom. The molecule has 0 amide bonds. The number of nitrogens with one attached hydrogen (secondary N) is 1. The maximum atomic E-state index is 6.18. The summed E-state index contributed by atoms with van der Waals surface area (Å²) in [5.41, 5.74) is 0.561. The minimum Gasteiger partial charge on any atom is -0.371 e. The first-order chi connectivity index (χ1) is 8.66. The van der Waals surface area contributed by atoms with Crippen LogP contribution in [0.15, 0.2) is 0 Å². The molecule has 2 aliphatic rings. The van der Waals surface area contributed by atoms with E-state index in [4.69, 9.17) is 4.74 Å². The zero-order valence-electron chi connectivity index (χ0n) is 13.7. The van der Waals surface area contributed by atoms with E-state index in [2.05, 4.69) is 51.8 Å². The lowest BCUT2D eigenvalue weighted by atomic mass is 9.88. The molecule has 2 rings (SSSR count). The molecule has 112 valence electrons. The van der Waals surface area contributed by atoms with Gasteiger partial charge in [-0.3, -0.25) is 4.90 Å². The number of hydrogen-bond acceptors (Lipinski definition) is 3. The van der Waals surface area contributed by atoms with Crippen molar-refractivity contribution in [3.8, 4) is 0 Å². The third-order valence-electron chi connectivity index (χ3n) is 5.10. The topological polar surface area (TPSA) is 24.5 Å². The Morgan fingerprint density at radius 3 is 2.42 bits per heavy atom. The normalized spacial score (nSPS) is 38.5. The minimum absolute atomic E-state index is 0.0803. The average Bonchev–Trinajstić information content (AvgIpc) is 2.64. The van der Waals surface area contributed by atoms with Crippen LogP contribution in [-0.4, -0.2) is 47.3 Å². The molecule has 2 unspecified atom stereocenters. The van der Waals surface area contributed by atoms with E-state index in [1.54, 1.807) is 0 Å². The highest BCUT2D eigenvalue weighted by molar-refractivity contribution is 5.00. The Kier molecular flexibility index (Phi) is 4.03. The lowest BCUT2D eigenvalue weighted by Gasteiger charge is -2.51. The second kappa shape index (κ2) is 5.01. The van der Waals surface area contributed by atoms with Gasteiger partial charge in [0.25, 0.3) is 0 Å². The fourth-order valence-electron chi connectivity index (χ4n) is 3.23. The highest BCUT2D eigenvalue weighted by atomic mass is 16.5. The summed E-state index contributed by atoms with van der Waals surface area (Å²) >= 11 is 0. The molecule has 3 heteroatoms. The van der Waals surface area contributed by atoms with Gasteiger partial charge in [0.1, 0.15) is 0 Å². The Bertz CT molecular complexity index is 327. The molecule has 19 heavy (non-hydrogen) atoms. The molecule has 0 spiro atoms. The van der Waals surface area contributed by atoms with Crippen molar-refractivity contribution in [2.45, 2.75) is 83.6 Å². The Hall–Kier alpha value is -0.120. The monoisotopic (exact) mass is 268 g/mol.